The molecule has 3 aromatic carbocycles. The molecule has 0 unspecified atom stereocenters. The highest BCUT2D eigenvalue weighted by atomic mass is 35.5. The number of urea groups is 1. The number of amides is 2. The zero-order valence-electron chi connectivity index (χ0n) is 24.0. The van der Waals surface area contributed by atoms with Gasteiger partial charge in [-0.3, -0.25) is 14.7 Å². The SMILES string of the molecule is CCOc1cc(C(F)(F)F)ccc1C1=N[C@@H](c2ccc(Cl)cc2)[C@H](c2ccc(Cl)cc2)N1C(=O)N1CCC(C(=O)OC)CC1. The Morgan fingerprint density at radius 2 is 1.52 bits per heavy atom. The minimum atomic E-state index is -4.60. The number of halogens is 5. The largest absolute Gasteiger partial charge is 0.493 e. The minimum Gasteiger partial charge on any atom is -0.493 e. The topological polar surface area (TPSA) is 71.4 Å². The van der Waals surface area contributed by atoms with Crippen LogP contribution in [0.25, 0.3) is 0 Å². The van der Waals surface area contributed by atoms with Gasteiger partial charge in [-0.1, -0.05) is 47.5 Å². The van der Waals surface area contributed by atoms with Crippen molar-refractivity contribution in [2.45, 2.75) is 38.0 Å². The number of hydrogen-bond donors (Lipinski definition) is 0. The molecule has 0 aliphatic carbocycles. The van der Waals surface area contributed by atoms with Crippen LogP contribution in [0.2, 0.25) is 10.0 Å². The highest BCUT2D eigenvalue weighted by Crippen LogP contribution is 2.46. The number of hydrogen-bond acceptors (Lipinski definition) is 5. The van der Waals surface area contributed by atoms with Crippen molar-refractivity contribution in [3.63, 3.8) is 0 Å². The Morgan fingerprint density at radius 1 is 0.932 bits per heavy atom. The van der Waals surface area contributed by atoms with Crippen LogP contribution in [0.5, 0.6) is 5.75 Å². The highest BCUT2D eigenvalue weighted by Gasteiger charge is 2.45. The van der Waals surface area contributed by atoms with Gasteiger partial charge >= 0.3 is 18.2 Å². The summed E-state index contributed by atoms with van der Waals surface area (Å²) in [6.07, 6.45) is -3.77. The molecule has 232 valence electrons. The lowest BCUT2D eigenvalue weighted by Crippen LogP contribution is -2.50. The van der Waals surface area contributed by atoms with E-state index in [-0.39, 0.29) is 48.7 Å². The molecule has 2 aliphatic rings. The lowest BCUT2D eigenvalue weighted by molar-refractivity contribution is -0.146. The first-order chi connectivity index (χ1) is 21.0. The molecule has 12 heteroatoms. The van der Waals surface area contributed by atoms with E-state index in [1.165, 1.54) is 18.1 Å². The third-order valence-electron chi connectivity index (χ3n) is 7.85. The van der Waals surface area contributed by atoms with Crippen LogP contribution >= 0.6 is 23.2 Å². The fourth-order valence-corrected chi connectivity index (χ4v) is 5.89. The molecule has 0 aromatic heterocycles. The van der Waals surface area contributed by atoms with E-state index in [1.54, 1.807) is 48.2 Å². The number of amidine groups is 1. The Bertz CT molecular complexity index is 1540. The van der Waals surface area contributed by atoms with E-state index in [0.717, 1.165) is 23.3 Å². The van der Waals surface area contributed by atoms with Crippen LogP contribution in [-0.4, -0.2) is 54.4 Å². The maximum absolute atomic E-state index is 14.5. The third kappa shape index (κ3) is 6.51. The molecule has 0 radical (unpaired) electrons. The van der Waals surface area contributed by atoms with Gasteiger partial charge in [0.2, 0.25) is 0 Å². The van der Waals surface area contributed by atoms with Crippen molar-refractivity contribution in [3.05, 3.63) is 99.0 Å². The van der Waals surface area contributed by atoms with Crippen molar-refractivity contribution in [1.29, 1.82) is 0 Å². The number of methoxy groups -OCH3 is 1. The summed E-state index contributed by atoms with van der Waals surface area (Å²) in [5.41, 5.74) is 0.829. The van der Waals surface area contributed by atoms with Crippen molar-refractivity contribution in [2.24, 2.45) is 10.9 Å². The van der Waals surface area contributed by atoms with Crippen LogP contribution in [0.15, 0.2) is 71.7 Å². The summed E-state index contributed by atoms with van der Waals surface area (Å²) in [6, 6.07) is 15.5. The van der Waals surface area contributed by atoms with E-state index >= 15 is 0 Å². The second kappa shape index (κ2) is 13.1. The normalized spacial score (nSPS) is 19.1. The predicted octanol–water partition coefficient (Wildman–Crippen LogP) is 7.96. The lowest BCUT2D eigenvalue weighted by Gasteiger charge is -2.37. The Kier molecular flexibility index (Phi) is 9.41. The van der Waals surface area contributed by atoms with E-state index in [4.69, 9.17) is 37.7 Å². The molecule has 0 spiro atoms. The number of aliphatic imine (C=N–C) groups is 1. The van der Waals surface area contributed by atoms with Crippen molar-refractivity contribution >= 4 is 41.0 Å². The average molecular weight is 649 g/mol. The van der Waals surface area contributed by atoms with E-state index in [0.29, 0.717) is 22.9 Å². The number of ether oxygens (including phenoxy) is 2. The second-order valence-electron chi connectivity index (χ2n) is 10.5. The van der Waals surface area contributed by atoms with Crippen molar-refractivity contribution in [1.82, 2.24) is 9.80 Å². The van der Waals surface area contributed by atoms with Gasteiger partial charge in [-0.25, -0.2) is 4.79 Å². The quantitative estimate of drug-likeness (QED) is 0.255. The maximum Gasteiger partial charge on any atom is 0.416 e. The van der Waals surface area contributed by atoms with Crippen LogP contribution in [-0.2, 0) is 15.7 Å². The third-order valence-corrected chi connectivity index (χ3v) is 8.35. The van der Waals surface area contributed by atoms with Crippen LogP contribution in [0.4, 0.5) is 18.0 Å². The fraction of sp³-hybridized carbons (Fsp3) is 0.344. The van der Waals surface area contributed by atoms with E-state index in [9.17, 15) is 22.8 Å². The van der Waals surface area contributed by atoms with Crippen molar-refractivity contribution in [3.8, 4) is 5.75 Å². The highest BCUT2D eigenvalue weighted by molar-refractivity contribution is 6.30. The number of alkyl halides is 3. The van der Waals surface area contributed by atoms with Gasteiger partial charge in [-0.05, 0) is 73.4 Å². The molecule has 0 saturated carbocycles. The number of nitrogens with zero attached hydrogens (tertiary/aromatic N) is 3. The Balaban J connectivity index is 1.65. The van der Waals surface area contributed by atoms with Crippen molar-refractivity contribution < 1.29 is 32.2 Å². The molecule has 0 N–H and O–H groups in total. The predicted molar refractivity (Wildman–Crippen MR) is 161 cm³/mol. The Morgan fingerprint density at radius 3 is 2.07 bits per heavy atom. The van der Waals surface area contributed by atoms with E-state index in [1.807, 2.05) is 12.1 Å². The van der Waals surface area contributed by atoms with Crippen LogP contribution in [0, 0.1) is 5.92 Å². The number of likely N-dealkylation sites (tertiary alicyclic amines) is 1. The smallest absolute Gasteiger partial charge is 0.416 e. The summed E-state index contributed by atoms with van der Waals surface area (Å²) in [7, 11) is 1.33. The maximum atomic E-state index is 14.5. The molecule has 2 heterocycles. The molecule has 1 saturated heterocycles. The molecule has 5 rings (SSSR count). The first-order valence-electron chi connectivity index (χ1n) is 14.1. The van der Waals surface area contributed by atoms with Gasteiger partial charge in [0.15, 0.2) is 0 Å². The Hall–Kier alpha value is -3.76. The van der Waals surface area contributed by atoms with Gasteiger partial charge in [0, 0.05) is 23.1 Å². The molecule has 2 atom stereocenters. The molecule has 0 bridgehead atoms. The summed E-state index contributed by atoms with van der Waals surface area (Å²) < 4.78 is 51.7. The van der Waals surface area contributed by atoms with Crippen LogP contribution in [0.3, 0.4) is 0 Å². The van der Waals surface area contributed by atoms with Gasteiger partial charge < -0.3 is 14.4 Å². The summed E-state index contributed by atoms with van der Waals surface area (Å²) >= 11 is 12.4. The fourth-order valence-electron chi connectivity index (χ4n) is 5.64. The second-order valence-corrected chi connectivity index (χ2v) is 11.4. The van der Waals surface area contributed by atoms with Gasteiger partial charge in [-0.2, -0.15) is 13.2 Å². The van der Waals surface area contributed by atoms with Gasteiger partial charge in [0.05, 0.1) is 36.8 Å². The van der Waals surface area contributed by atoms with Crippen LogP contribution in [0.1, 0.15) is 54.1 Å². The Labute approximate surface area is 263 Å². The summed E-state index contributed by atoms with van der Waals surface area (Å²) in [6.45, 7) is 2.33. The zero-order valence-corrected chi connectivity index (χ0v) is 25.5. The van der Waals surface area contributed by atoms with Crippen molar-refractivity contribution in [2.75, 3.05) is 26.8 Å². The number of esters is 1. The first kappa shape index (κ1) is 31.7. The molecular weight excluding hydrogens is 618 g/mol. The van der Waals surface area contributed by atoms with Gasteiger partial charge in [-0.15, -0.1) is 0 Å². The molecule has 2 aliphatic heterocycles. The zero-order chi connectivity index (χ0) is 31.6. The number of benzene rings is 3. The summed E-state index contributed by atoms with van der Waals surface area (Å²) in [4.78, 5) is 34.8. The standard InChI is InChI=1S/C32H30Cl2F3N3O4/c1-3-44-26-18-22(32(35,36)37)8-13-25(26)29-38-27(19-4-9-23(33)10-5-19)28(20-6-11-24(34)12-7-20)40(29)31(42)39-16-14-21(15-17-39)30(41)43-2/h4-13,18,21,27-28H,3,14-17H2,1-2H3/t27-,28-/m0/s1. The number of rotatable bonds is 6. The number of carbonyl (C=O) groups is 2. The lowest BCUT2D eigenvalue weighted by atomic mass is 9.93. The summed E-state index contributed by atoms with van der Waals surface area (Å²) in [5, 5.41) is 1.02. The molecule has 3 aromatic rings. The number of piperidine rings is 1. The van der Waals surface area contributed by atoms with Gasteiger partial charge in [0.25, 0.3) is 0 Å². The summed E-state index contributed by atoms with van der Waals surface area (Å²) in [5.74, 6) is -0.533. The molecule has 7 nitrogen and oxygen atoms in total. The van der Waals surface area contributed by atoms with E-state index < -0.39 is 29.9 Å². The van der Waals surface area contributed by atoms with Gasteiger partial charge in [0.1, 0.15) is 17.6 Å². The molecular formula is C32H30Cl2F3N3O4. The average Bonchev–Trinajstić information content (AvgIpc) is 3.41. The number of carbonyl (C=O) groups excluding carboxylic acids is 2. The monoisotopic (exact) mass is 647 g/mol. The first-order valence-corrected chi connectivity index (χ1v) is 14.9. The molecule has 1 fully saturated rings. The molecule has 44 heavy (non-hydrogen) atoms. The molecule has 2 amide bonds. The van der Waals surface area contributed by atoms with Crippen LogP contribution < -0.4 is 4.74 Å². The minimum absolute atomic E-state index is 0.0464. The van der Waals surface area contributed by atoms with E-state index in [2.05, 4.69) is 0 Å².